The lowest BCUT2D eigenvalue weighted by atomic mass is 10.0. The number of hydrogen-bond acceptors (Lipinski definition) is 2. The first kappa shape index (κ1) is 16.8. The lowest BCUT2D eigenvalue weighted by Crippen LogP contribution is -2.45. The van der Waals surface area contributed by atoms with E-state index < -0.39 is 6.04 Å². The van der Waals surface area contributed by atoms with E-state index in [1.165, 1.54) is 0 Å². The minimum absolute atomic E-state index is 0.0876. The van der Waals surface area contributed by atoms with Crippen LogP contribution in [0.5, 0.6) is 0 Å². The molecule has 0 aliphatic heterocycles. The van der Waals surface area contributed by atoms with Gasteiger partial charge in [-0.3, -0.25) is 0 Å². The Balaban J connectivity index is 2.60. The molecule has 0 radical (unpaired) electrons. The maximum Gasteiger partial charge on any atom is 0.315 e. The maximum absolute atomic E-state index is 11.9. The van der Waals surface area contributed by atoms with Crippen LogP contribution in [0.4, 0.5) is 4.79 Å². The van der Waals surface area contributed by atoms with Crippen molar-refractivity contribution in [2.75, 3.05) is 6.61 Å². The number of rotatable bonds is 6. The van der Waals surface area contributed by atoms with E-state index >= 15 is 0 Å². The smallest absolute Gasteiger partial charge is 0.315 e. The van der Waals surface area contributed by atoms with Crippen molar-refractivity contribution in [2.24, 2.45) is 5.92 Å². The van der Waals surface area contributed by atoms with E-state index in [4.69, 9.17) is 11.6 Å². The Morgan fingerprint density at radius 2 is 1.85 bits per heavy atom. The molecule has 20 heavy (non-hydrogen) atoms. The molecular formula is C15H23ClN2O2. The zero-order valence-electron chi connectivity index (χ0n) is 12.2. The third-order valence-corrected chi connectivity index (χ3v) is 3.87. The number of amides is 2. The second kappa shape index (κ2) is 8.12. The van der Waals surface area contributed by atoms with Gasteiger partial charge in [-0.05, 0) is 30.5 Å². The molecule has 5 heteroatoms. The van der Waals surface area contributed by atoms with Crippen LogP contribution in [0.3, 0.4) is 0 Å². The predicted molar refractivity (Wildman–Crippen MR) is 81.9 cm³/mol. The first-order chi connectivity index (χ1) is 9.47. The van der Waals surface area contributed by atoms with Crippen LogP contribution in [-0.2, 0) is 0 Å². The first-order valence-electron chi connectivity index (χ1n) is 6.91. The predicted octanol–water partition coefficient (Wildman–Crippen LogP) is 3.11. The van der Waals surface area contributed by atoms with Gasteiger partial charge >= 0.3 is 6.03 Å². The van der Waals surface area contributed by atoms with Gasteiger partial charge in [0.2, 0.25) is 0 Å². The Labute approximate surface area is 125 Å². The van der Waals surface area contributed by atoms with E-state index in [0.717, 1.165) is 12.0 Å². The molecule has 1 rings (SSSR count). The van der Waals surface area contributed by atoms with E-state index in [0.29, 0.717) is 10.9 Å². The van der Waals surface area contributed by atoms with Crippen molar-refractivity contribution in [1.82, 2.24) is 10.6 Å². The fourth-order valence-corrected chi connectivity index (χ4v) is 1.96. The van der Waals surface area contributed by atoms with Crippen molar-refractivity contribution in [2.45, 2.75) is 39.3 Å². The van der Waals surface area contributed by atoms with E-state index in [2.05, 4.69) is 24.5 Å². The molecule has 0 saturated carbocycles. The van der Waals surface area contributed by atoms with E-state index in [9.17, 15) is 9.90 Å². The van der Waals surface area contributed by atoms with Crippen LogP contribution < -0.4 is 10.6 Å². The molecule has 0 spiro atoms. The molecule has 3 N–H and O–H groups in total. The Hall–Kier alpha value is -1.26. The Morgan fingerprint density at radius 1 is 1.25 bits per heavy atom. The van der Waals surface area contributed by atoms with Crippen LogP contribution in [0.25, 0.3) is 0 Å². The van der Waals surface area contributed by atoms with Crippen LogP contribution in [0.1, 0.15) is 38.8 Å². The lowest BCUT2D eigenvalue weighted by Gasteiger charge is -2.23. The molecule has 0 heterocycles. The van der Waals surface area contributed by atoms with Gasteiger partial charge in [0.25, 0.3) is 0 Å². The molecule has 0 saturated heterocycles. The second-order valence-electron chi connectivity index (χ2n) is 5.08. The van der Waals surface area contributed by atoms with Crippen LogP contribution >= 0.6 is 11.6 Å². The largest absolute Gasteiger partial charge is 0.394 e. The fourth-order valence-electron chi connectivity index (χ4n) is 1.83. The molecule has 112 valence electrons. The van der Waals surface area contributed by atoms with E-state index in [1.807, 2.05) is 6.92 Å². The molecule has 1 aromatic rings. The van der Waals surface area contributed by atoms with Gasteiger partial charge in [-0.15, -0.1) is 0 Å². The minimum atomic E-state index is -0.434. The number of hydrogen-bond donors (Lipinski definition) is 3. The summed E-state index contributed by atoms with van der Waals surface area (Å²) in [6, 6.07) is 6.44. The number of aliphatic hydroxyl groups is 1. The van der Waals surface area contributed by atoms with Gasteiger partial charge in [0.05, 0.1) is 12.6 Å². The van der Waals surface area contributed by atoms with Crippen LogP contribution in [0.15, 0.2) is 24.3 Å². The van der Waals surface area contributed by atoms with Crippen molar-refractivity contribution in [3.63, 3.8) is 0 Å². The fraction of sp³-hybridized carbons (Fsp3) is 0.533. The highest BCUT2D eigenvalue weighted by molar-refractivity contribution is 6.30. The van der Waals surface area contributed by atoms with Gasteiger partial charge in [-0.25, -0.2) is 4.79 Å². The number of halogens is 1. The number of carbonyl (C=O) groups excluding carboxylic acids is 1. The van der Waals surface area contributed by atoms with Crippen LogP contribution in [-0.4, -0.2) is 23.8 Å². The third-order valence-electron chi connectivity index (χ3n) is 3.62. The number of nitrogens with one attached hydrogen (secondary N) is 2. The molecule has 3 unspecified atom stereocenters. The zero-order chi connectivity index (χ0) is 15.1. The molecule has 0 aliphatic rings. The molecular weight excluding hydrogens is 276 g/mol. The van der Waals surface area contributed by atoms with E-state index in [-0.39, 0.29) is 18.7 Å². The number of benzene rings is 1. The summed E-state index contributed by atoms with van der Waals surface area (Å²) in [7, 11) is 0. The highest BCUT2D eigenvalue weighted by atomic mass is 35.5. The lowest BCUT2D eigenvalue weighted by molar-refractivity contribution is 0.211. The zero-order valence-corrected chi connectivity index (χ0v) is 12.9. The molecule has 2 amide bonds. The summed E-state index contributed by atoms with van der Waals surface area (Å²) in [5.41, 5.74) is 0.822. The van der Waals surface area contributed by atoms with E-state index in [1.54, 1.807) is 24.3 Å². The van der Waals surface area contributed by atoms with Crippen LogP contribution in [0, 0.1) is 5.92 Å². The molecule has 4 nitrogen and oxygen atoms in total. The van der Waals surface area contributed by atoms with Crippen molar-refractivity contribution in [3.05, 3.63) is 34.9 Å². The quantitative estimate of drug-likeness (QED) is 0.756. The Morgan fingerprint density at radius 3 is 2.35 bits per heavy atom. The average Bonchev–Trinajstić information content (AvgIpc) is 2.44. The van der Waals surface area contributed by atoms with Gasteiger partial charge < -0.3 is 15.7 Å². The van der Waals surface area contributed by atoms with Gasteiger partial charge in [0.15, 0.2) is 0 Å². The molecule has 3 atom stereocenters. The third kappa shape index (κ3) is 5.02. The number of aliphatic hydroxyl groups excluding tert-OH is 1. The summed E-state index contributed by atoms with van der Waals surface area (Å²) in [4.78, 5) is 11.9. The SMILES string of the molecule is CCC(C)C(C)NC(=O)NC(CO)c1ccc(Cl)cc1. The summed E-state index contributed by atoms with van der Waals surface area (Å²) >= 11 is 5.82. The van der Waals surface area contributed by atoms with Crippen molar-refractivity contribution in [1.29, 1.82) is 0 Å². The first-order valence-corrected chi connectivity index (χ1v) is 7.29. The summed E-state index contributed by atoms with van der Waals surface area (Å²) < 4.78 is 0. The minimum Gasteiger partial charge on any atom is -0.394 e. The van der Waals surface area contributed by atoms with Gasteiger partial charge in [0.1, 0.15) is 0 Å². The van der Waals surface area contributed by atoms with Gasteiger partial charge in [-0.1, -0.05) is 44.0 Å². The molecule has 0 aromatic heterocycles. The highest BCUT2D eigenvalue weighted by Crippen LogP contribution is 2.16. The standard InChI is InChI=1S/C15H23ClN2O2/c1-4-10(2)11(3)17-15(20)18-14(9-19)12-5-7-13(16)8-6-12/h5-8,10-11,14,19H,4,9H2,1-3H3,(H2,17,18,20). The second-order valence-corrected chi connectivity index (χ2v) is 5.52. The van der Waals surface area contributed by atoms with Crippen LogP contribution in [0.2, 0.25) is 5.02 Å². The molecule has 0 aliphatic carbocycles. The average molecular weight is 299 g/mol. The summed E-state index contributed by atoms with van der Waals surface area (Å²) in [6.07, 6.45) is 1.00. The summed E-state index contributed by atoms with van der Waals surface area (Å²) in [5.74, 6) is 0.406. The molecule has 0 bridgehead atoms. The van der Waals surface area contributed by atoms with Gasteiger partial charge in [0, 0.05) is 11.1 Å². The van der Waals surface area contributed by atoms with Crippen molar-refractivity contribution < 1.29 is 9.90 Å². The number of carbonyl (C=O) groups is 1. The summed E-state index contributed by atoms with van der Waals surface area (Å²) in [6.45, 7) is 6.00. The van der Waals surface area contributed by atoms with Gasteiger partial charge in [-0.2, -0.15) is 0 Å². The Bertz CT molecular complexity index is 422. The number of urea groups is 1. The monoisotopic (exact) mass is 298 g/mol. The molecule has 1 aromatic carbocycles. The van der Waals surface area contributed by atoms with Crippen molar-refractivity contribution >= 4 is 17.6 Å². The normalized spacial score (nSPS) is 15.2. The maximum atomic E-state index is 11.9. The topological polar surface area (TPSA) is 61.4 Å². The Kier molecular flexibility index (Phi) is 6.82. The van der Waals surface area contributed by atoms with Crippen molar-refractivity contribution in [3.8, 4) is 0 Å². The summed E-state index contributed by atoms with van der Waals surface area (Å²) in [5, 5.41) is 15.7. The highest BCUT2D eigenvalue weighted by Gasteiger charge is 2.17. The molecule has 0 fully saturated rings.